The number of guanidine groups is 1. The first-order chi connectivity index (χ1) is 12.7. The maximum atomic E-state index is 5.52. The van der Waals surface area contributed by atoms with E-state index in [1.54, 1.807) is 14.2 Å². The van der Waals surface area contributed by atoms with Crippen LogP contribution in [0.1, 0.15) is 25.5 Å². The predicted molar refractivity (Wildman–Crippen MR) is 104 cm³/mol. The van der Waals surface area contributed by atoms with Gasteiger partial charge in [0.15, 0.2) is 17.5 Å². The van der Waals surface area contributed by atoms with Crippen molar-refractivity contribution in [3.8, 4) is 11.5 Å². The number of rotatable bonds is 8. The zero-order valence-corrected chi connectivity index (χ0v) is 16.4. The number of hydrogen-bond donors (Lipinski definition) is 2. The Labute approximate surface area is 156 Å². The molecule has 1 unspecified atom stereocenters. The van der Waals surface area contributed by atoms with Crippen LogP contribution in [0.15, 0.2) is 23.2 Å². The summed E-state index contributed by atoms with van der Waals surface area (Å²) in [4.78, 5) is 7.21. The van der Waals surface area contributed by atoms with E-state index in [2.05, 4.69) is 41.5 Å². The Morgan fingerprint density at radius 2 is 1.77 bits per heavy atom. The van der Waals surface area contributed by atoms with Crippen LogP contribution in [0.25, 0.3) is 0 Å². The highest BCUT2D eigenvalue weighted by atomic mass is 16.5. The van der Waals surface area contributed by atoms with Gasteiger partial charge in [0.1, 0.15) is 0 Å². The molecule has 0 aromatic heterocycles. The Morgan fingerprint density at radius 3 is 2.35 bits per heavy atom. The largest absolute Gasteiger partial charge is 0.493 e. The number of nitrogens with one attached hydrogen (secondary N) is 2. The van der Waals surface area contributed by atoms with Crippen molar-refractivity contribution < 1.29 is 14.2 Å². The van der Waals surface area contributed by atoms with Crippen LogP contribution in [0.3, 0.4) is 0 Å². The standard InChI is InChI=1S/C19H32N4O3/c1-5-20-19(21-6-2)22-14-16(23-9-11-26-12-10-23)15-7-8-17(24-3)18(13-15)25-4/h7-8,13,16H,5-6,9-12,14H2,1-4H3,(H2,20,21,22). The summed E-state index contributed by atoms with van der Waals surface area (Å²) in [7, 11) is 3.32. The highest BCUT2D eigenvalue weighted by Gasteiger charge is 2.23. The molecule has 0 bridgehead atoms. The minimum absolute atomic E-state index is 0.158. The van der Waals surface area contributed by atoms with Crippen LogP contribution in [0.5, 0.6) is 11.5 Å². The summed E-state index contributed by atoms with van der Waals surface area (Å²) in [6.07, 6.45) is 0. The molecule has 1 aromatic carbocycles. The highest BCUT2D eigenvalue weighted by Crippen LogP contribution is 2.32. The molecule has 1 saturated heterocycles. The second kappa shape index (κ2) is 10.9. The van der Waals surface area contributed by atoms with E-state index in [4.69, 9.17) is 19.2 Å². The molecule has 0 saturated carbocycles. The van der Waals surface area contributed by atoms with Crippen LogP contribution in [0.2, 0.25) is 0 Å². The van der Waals surface area contributed by atoms with Gasteiger partial charge in [-0.2, -0.15) is 0 Å². The van der Waals surface area contributed by atoms with E-state index in [0.29, 0.717) is 6.54 Å². The van der Waals surface area contributed by atoms with Crippen molar-refractivity contribution in [1.29, 1.82) is 0 Å². The molecular formula is C19H32N4O3. The van der Waals surface area contributed by atoms with Crippen molar-refractivity contribution in [2.24, 2.45) is 4.99 Å². The average molecular weight is 364 g/mol. The quantitative estimate of drug-likeness (QED) is 0.540. The van der Waals surface area contributed by atoms with E-state index >= 15 is 0 Å². The third kappa shape index (κ3) is 5.51. The number of methoxy groups -OCH3 is 2. The normalized spacial score (nSPS) is 15.8. The van der Waals surface area contributed by atoms with Gasteiger partial charge in [-0.3, -0.25) is 9.89 Å². The van der Waals surface area contributed by atoms with Gasteiger partial charge in [0.2, 0.25) is 0 Å². The van der Waals surface area contributed by atoms with Crippen LogP contribution >= 0.6 is 0 Å². The van der Waals surface area contributed by atoms with Gasteiger partial charge in [-0.05, 0) is 31.5 Å². The fourth-order valence-corrected chi connectivity index (χ4v) is 3.07. The first kappa shape index (κ1) is 20.3. The molecule has 2 rings (SSSR count). The van der Waals surface area contributed by atoms with Gasteiger partial charge in [0, 0.05) is 26.2 Å². The molecule has 1 aliphatic heterocycles. The molecule has 0 amide bonds. The Kier molecular flexibility index (Phi) is 8.50. The first-order valence-corrected chi connectivity index (χ1v) is 9.29. The van der Waals surface area contributed by atoms with Crippen LogP contribution in [0, 0.1) is 0 Å². The Hall–Kier alpha value is -1.99. The SMILES string of the molecule is CCNC(=NCC(c1ccc(OC)c(OC)c1)N1CCOCC1)NCC. The van der Waals surface area contributed by atoms with E-state index < -0.39 is 0 Å². The number of hydrogen-bond acceptors (Lipinski definition) is 5. The van der Waals surface area contributed by atoms with Crippen molar-refractivity contribution in [1.82, 2.24) is 15.5 Å². The zero-order valence-electron chi connectivity index (χ0n) is 16.4. The van der Waals surface area contributed by atoms with E-state index in [0.717, 1.165) is 56.9 Å². The molecule has 1 heterocycles. The molecule has 0 radical (unpaired) electrons. The van der Waals surface area contributed by atoms with Crippen molar-refractivity contribution in [3.63, 3.8) is 0 Å². The molecule has 1 fully saturated rings. The molecule has 0 spiro atoms. The number of nitrogens with zero attached hydrogens (tertiary/aromatic N) is 2. The van der Waals surface area contributed by atoms with Gasteiger partial charge in [-0.1, -0.05) is 6.07 Å². The Bertz CT molecular complexity index is 566. The summed E-state index contributed by atoms with van der Waals surface area (Å²) in [5.74, 6) is 2.32. The smallest absolute Gasteiger partial charge is 0.191 e. The molecule has 1 aliphatic rings. The molecule has 7 heteroatoms. The first-order valence-electron chi connectivity index (χ1n) is 9.29. The summed E-state index contributed by atoms with van der Waals surface area (Å²) >= 11 is 0. The van der Waals surface area contributed by atoms with E-state index in [1.807, 2.05) is 6.07 Å². The molecule has 7 nitrogen and oxygen atoms in total. The Balaban J connectivity index is 2.27. The highest BCUT2D eigenvalue weighted by molar-refractivity contribution is 5.79. The topological polar surface area (TPSA) is 67.4 Å². The van der Waals surface area contributed by atoms with E-state index in [-0.39, 0.29) is 6.04 Å². The number of ether oxygens (including phenoxy) is 3. The minimum atomic E-state index is 0.158. The summed E-state index contributed by atoms with van der Waals surface area (Å²) in [5.41, 5.74) is 1.17. The van der Waals surface area contributed by atoms with Crippen molar-refractivity contribution in [2.45, 2.75) is 19.9 Å². The van der Waals surface area contributed by atoms with Gasteiger partial charge in [0.05, 0.1) is 40.0 Å². The fraction of sp³-hybridized carbons (Fsp3) is 0.632. The predicted octanol–water partition coefficient (Wildman–Crippen LogP) is 1.65. The van der Waals surface area contributed by atoms with Gasteiger partial charge in [-0.15, -0.1) is 0 Å². The molecule has 0 aliphatic carbocycles. The summed E-state index contributed by atoms with van der Waals surface area (Å²) < 4.78 is 16.4. The molecule has 1 aromatic rings. The van der Waals surface area contributed by atoms with Crippen LogP contribution in [-0.4, -0.2) is 71.0 Å². The van der Waals surface area contributed by atoms with Crippen molar-refractivity contribution in [3.05, 3.63) is 23.8 Å². The third-order valence-electron chi connectivity index (χ3n) is 4.39. The Morgan fingerprint density at radius 1 is 1.12 bits per heavy atom. The molecule has 146 valence electrons. The summed E-state index contributed by atoms with van der Waals surface area (Å²) in [6.45, 7) is 9.76. The second-order valence-electron chi connectivity index (χ2n) is 6.03. The zero-order chi connectivity index (χ0) is 18.8. The lowest BCUT2D eigenvalue weighted by molar-refractivity contribution is 0.0179. The van der Waals surface area contributed by atoms with Gasteiger partial charge >= 0.3 is 0 Å². The van der Waals surface area contributed by atoms with Gasteiger partial charge in [-0.25, -0.2) is 0 Å². The van der Waals surface area contributed by atoms with E-state index in [9.17, 15) is 0 Å². The van der Waals surface area contributed by atoms with Crippen molar-refractivity contribution in [2.75, 3.05) is 60.2 Å². The maximum Gasteiger partial charge on any atom is 0.191 e. The second-order valence-corrected chi connectivity index (χ2v) is 6.03. The number of aliphatic imine (C=N–C) groups is 1. The average Bonchev–Trinajstić information content (AvgIpc) is 2.69. The maximum absolute atomic E-state index is 5.52. The third-order valence-corrected chi connectivity index (χ3v) is 4.39. The van der Waals surface area contributed by atoms with Crippen LogP contribution < -0.4 is 20.1 Å². The number of morpholine rings is 1. The number of benzene rings is 1. The minimum Gasteiger partial charge on any atom is -0.493 e. The van der Waals surface area contributed by atoms with Crippen LogP contribution in [0.4, 0.5) is 0 Å². The van der Waals surface area contributed by atoms with Gasteiger partial charge < -0.3 is 24.8 Å². The fourth-order valence-electron chi connectivity index (χ4n) is 3.07. The summed E-state index contributed by atoms with van der Waals surface area (Å²) in [5, 5.41) is 6.57. The van der Waals surface area contributed by atoms with Crippen LogP contribution in [-0.2, 0) is 4.74 Å². The molecular weight excluding hydrogens is 332 g/mol. The van der Waals surface area contributed by atoms with Crippen molar-refractivity contribution >= 4 is 5.96 Å². The lowest BCUT2D eigenvalue weighted by atomic mass is 10.0. The van der Waals surface area contributed by atoms with E-state index in [1.165, 1.54) is 5.56 Å². The lowest BCUT2D eigenvalue weighted by Crippen LogP contribution is -2.41. The molecule has 26 heavy (non-hydrogen) atoms. The lowest BCUT2D eigenvalue weighted by Gasteiger charge is -2.34. The monoisotopic (exact) mass is 364 g/mol. The molecule has 1 atom stereocenters. The van der Waals surface area contributed by atoms with Gasteiger partial charge in [0.25, 0.3) is 0 Å². The summed E-state index contributed by atoms with van der Waals surface area (Å²) in [6, 6.07) is 6.26. The molecule has 2 N–H and O–H groups in total.